The van der Waals surface area contributed by atoms with E-state index in [-0.39, 0.29) is 5.82 Å². The normalized spacial score (nSPS) is 32.4. The fourth-order valence-corrected chi connectivity index (χ4v) is 6.76. The number of allylic oxidation sites excluding steroid dienone is 1. The summed E-state index contributed by atoms with van der Waals surface area (Å²) in [6.45, 7) is 6.15. The molecule has 0 aromatic heterocycles. The first-order valence-electron chi connectivity index (χ1n) is 12.1. The molecule has 1 aromatic rings. The van der Waals surface area contributed by atoms with Crippen LogP contribution in [0.25, 0.3) is 0 Å². The second-order valence-electron chi connectivity index (χ2n) is 10.1. The summed E-state index contributed by atoms with van der Waals surface area (Å²) in [5.74, 6) is 4.06. The third-order valence-corrected chi connectivity index (χ3v) is 8.32. The lowest BCUT2D eigenvalue weighted by Crippen LogP contribution is -2.31. The molecule has 0 radical (unpaired) electrons. The first kappa shape index (κ1) is 20.2. The summed E-state index contributed by atoms with van der Waals surface area (Å²) in [4.78, 5) is 0. The smallest absolute Gasteiger partial charge is 0.130 e. The number of hydrogen-bond acceptors (Lipinski definition) is 0. The van der Waals surface area contributed by atoms with Crippen LogP contribution in [-0.4, -0.2) is 0 Å². The van der Waals surface area contributed by atoms with Gasteiger partial charge in [-0.3, -0.25) is 0 Å². The average Bonchev–Trinajstić information content (AvgIpc) is 2.72. The Bertz CT molecular complexity index is 675. The molecule has 5 atom stereocenters. The molecule has 0 spiro atoms. The molecule has 0 bridgehead atoms. The number of rotatable bonds is 6. The van der Waals surface area contributed by atoms with Gasteiger partial charge in [0.1, 0.15) is 5.82 Å². The molecular weight excluding hydrogens is 343 g/mol. The van der Waals surface area contributed by atoms with Crippen molar-refractivity contribution in [1.29, 1.82) is 0 Å². The van der Waals surface area contributed by atoms with E-state index in [4.69, 9.17) is 0 Å². The number of benzene rings is 1. The molecule has 1 aromatic carbocycles. The summed E-state index contributed by atoms with van der Waals surface area (Å²) < 4.78 is 15.5. The van der Waals surface area contributed by atoms with E-state index in [9.17, 15) is 0 Å². The van der Waals surface area contributed by atoms with E-state index in [1.54, 1.807) is 0 Å². The Kier molecular flexibility index (Phi) is 6.59. The zero-order valence-electron chi connectivity index (χ0n) is 17.9. The van der Waals surface area contributed by atoms with E-state index in [2.05, 4.69) is 31.7 Å². The van der Waals surface area contributed by atoms with Crippen molar-refractivity contribution in [1.82, 2.24) is 0 Å². The number of hydrogen-bond donors (Lipinski definition) is 0. The van der Waals surface area contributed by atoms with Gasteiger partial charge in [0.15, 0.2) is 0 Å². The van der Waals surface area contributed by atoms with Crippen molar-refractivity contribution in [3.05, 3.63) is 47.3 Å². The van der Waals surface area contributed by atoms with Crippen molar-refractivity contribution >= 4 is 0 Å². The molecule has 0 heterocycles. The van der Waals surface area contributed by atoms with Crippen molar-refractivity contribution in [2.24, 2.45) is 23.7 Å². The minimum atomic E-state index is 0.176. The number of halogens is 1. The van der Waals surface area contributed by atoms with Gasteiger partial charge in [-0.25, -0.2) is 4.39 Å². The maximum atomic E-state index is 15.5. The fraction of sp³-hybridized carbons (Fsp3) is 0.704. The monoisotopic (exact) mass is 382 g/mol. The lowest BCUT2D eigenvalue weighted by atomic mass is 9.63. The van der Waals surface area contributed by atoms with Gasteiger partial charge in [-0.15, -0.1) is 6.58 Å². The Morgan fingerprint density at radius 1 is 1.00 bits per heavy atom. The van der Waals surface area contributed by atoms with Crippen LogP contribution in [0.5, 0.6) is 0 Å². The van der Waals surface area contributed by atoms with Crippen LogP contribution in [0.15, 0.2) is 24.8 Å². The van der Waals surface area contributed by atoms with Crippen LogP contribution in [-0.2, 0) is 12.8 Å². The largest absolute Gasteiger partial charge is 0.206 e. The van der Waals surface area contributed by atoms with Gasteiger partial charge in [0.25, 0.3) is 0 Å². The van der Waals surface area contributed by atoms with E-state index in [0.717, 1.165) is 47.6 Å². The van der Waals surface area contributed by atoms with Crippen molar-refractivity contribution in [3.8, 4) is 0 Å². The molecule has 4 rings (SSSR count). The Balaban J connectivity index is 1.42. The summed E-state index contributed by atoms with van der Waals surface area (Å²) in [5.41, 5.74) is 3.43. The Morgan fingerprint density at radius 2 is 1.82 bits per heavy atom. The molecule has 1 heteroatoms. The molecule has 0 nitrogen and oxygen atoms in total. The quantitative estimate of drug-likeness (QED) is 0.437. The van der Waals surface area contributed by atoms with Crippen molar-refractivity contribution in [2.75, 3.05) is 0 Å². The zero-order valence-corrected chi connectivity index (χ0v) is 17.9. The molecule has 0 saturated heterocycles. The van der Waals surface area contributed by atoms with Crippen LogP contribution < -0.4 is 0 Å². The van der Waals surface area contributed by atoms with E-state index in [0.29, 0.717) is 5.92 Å². The average molecular weight is 383 g/mol. The predicted molar refractivity (Wildman–Crippen MR) is 117 cm³/mol. The highest BCUT2D eigenvalue weighted by Crippen LogP contribution is 2.49. The highest BCUT2D eigenvalue weighted by Gasteiger charge is 2.37. The van der Waals surface area contributed by atoms with Gasteiger partial charge >= 0.3 is 0 Å². The second-order valence-corrected chi connectivity index (χ2v) is 10.1. The molecule has 154 valence electrons. The first-order valence-corrected chi connectivity index (χ1v) is 12.1. The molecule has 3 aliphatic rings. The van der Waals surface area contributed by atoms with E-state index in [1.807, 2.05) is 0 Å². The SMILES string of the molecule is C=CCCC1CCC2CC(c3ccc4c(c3F)CCC(CCC)C4)CCC2C1. The summed E-state index contributed by atoms with van der Waals surface area (Å²) in [6, 6.07) is 4.46. The molecule has 2 fully saturated rings. The van der Waals surface area contributed by atoms with Crippen molar-refractivity contribution in [3.63, 3.8) is 0 Å². The second kappa shape index (κ2) is 9.14. The summed E-state index contributed by atoms with van der Waals surface area (Å²) >= 11 is 0. The molecule has 0 aliphatic heterocycles. The third-order valence-electron chi connectivity index (χ3n) is 8.32. The van der Waals surface area contributed by atoms with Gasteiger partial charge in [0.2, 0.25) is 0 Å². The molecule has 2 saturated carbocycles. The van der Waals surface area contributed by atoms with Crippen LogP contribution >= 0.6 is 0 Å². The highest BCUT2D eigenvalue weighted by molar-refractivity contribution is 5.38. The van der Waals surface area contributed by atoms with E-state index >= 15 is 4.39 Å². The minimum absolute atomic E-state index is 0.176. The van der Waals surface area contributed by atoms with Gasteiger partial charge in [0, 0.05) is 0 Å². The van der Waals surface area contributed by atoms with Crippen LogP contribution in [0.4, 0.5) is 4.39 Å². The Labute approximate surface area is 172 Å². The van der Waals surface area contributed by atoms with Crippen LogP contribution in [0.1, 0.15) is 100 Å². The lowest BCUT2D eigenvalue weighted by Gasteiger charge is -2.42. The fourth-order valence-electron chi connectivity index (χ4n) is 6.76. The maximum Gasteiger partial charge on any atom is 0.130 e. The van der Waals surface area contributed by atoms with Gasteiger partial charge in [-0.2, -0.15) is 0 Å². The van der Waals surface area contributed by atoms with Crippen LogP contribution in [0.3, 0.4) is 0 Å². The summed E-state index contributed by atoms with van der Waals surface area (Å²) in [7, 11) is 0. The number of fused-ring (bicyclic) bond motifs is 2. The topological polar surface area (TPSA) is 0 Å². The highest BCUT2D eigenvalue weighted by atomic mass is 19.1. The predicted octanol–water partition coefficient (Wildman–Crippen LogP) is 8.00. The van der Waals surface area contributed by atoms with E-state index < -0.39 is 0 Å². The van der Waals surface area contributed by atoms with Gasteiger partial charge < -0.3 is 0 Å². The molecule has 0 amide bonds. The standard InChI is InChI=1S/C27H39F/c1-3-5-7-20-8-10-22-18-24(12-11-21(22)16-20)26-15-13-23-17-19(6-4-2)9-14-25(23)27(26)28/h3,13,15,19-22,24H,1,4-12,14,16-18H2,2H3. The minimum Gasteiger partial charge on any atom is -0.206 e. The van der Waals surface area contributed by atoms with Crippen LogP contribution in [0.2, 0.25) is 0 Å². The lowest BCUT2D eigenvalue weighted by molar-refractivity contribution is 0.114. The molecule has 3 aliphatic carbocycles. The van der Waals surface area contributed by atoms with Crippen molar-refractivity contribution < 1.29 is 4.39 Å². The summed E-state index contributed by atoms with van der Waals surface area (Å²) in [5, 5.41) is 0. The van der Waals surface area contributed by atoms with Crippen molar-refractivity contribution in [2.45, 2.75) is 96.3 Å². The van der Waals surface area contributed by atoms with Gasteiger partial charge in [-0.05, 0) is 110 Å². The van der Waals surface area contributed by atoms with E-state index in [1.165, 1.54) is 76.2 Å². The van der Waals surface area contributed by atoms with Gasteiger partial charge in [-0.1, -0.05) is 44.4 Å². The first-order chi connectivity index (χ1) is 13.7. The molecular formula is C27H39F. The Morgan fingerprint density at radius 3 is 2.64 bits per heavy atom. The summed E-state index contributed by atoms with van der Waals surface area (Å²) in [6.07, 6.45) is 18.3. The van der Waals surface area contributed by atoms with Gasteiger partial charge in [0.05, 0.1) is 0 Å². The molecule has 0 N–H and O–H groups in total. The molecule has 5 unspecified atom stereocenters. The third kappa shape index (κ3) is 4.24. The maximum absolute atomic E-state index is 15.5. The van der Waals surface area contributed by atoms with Crippen LogP contribution in [0, 0.1) is 29.5 Å². The zero-order chi connectivity index (χ0) is 19.5. The molecule has 28 heavy (non-hydrogen) atoms. The Hall–Kier alpha value is -1.11.